The van der Waals surface area contributed by atoms with E-state index in [4.69, 9.17) is 9.84 Å². The van der Waals surface area contributed by atoms with E-state index >= 15 is 0 Å². The Kier molecular flexibility index (Phi) is 4.97. The van der Waals surface area contributed by atoms with Crippen LogP contribution in [0.1, 0.15) is 19.3 Å². The average Bonchev–Trinajstić information content (AvgIpc) is 2.40. The Morgan fingerprint density at radius 2 is 1.89 bits per heavy atom. The molecule has 0 radical (unpaired) electrons. The SMILES string of the molecule is O=S(=O)(N1CCOCC1)N1CCCC(CCO)C1. The molecular weight excluding hydrogens is 256 g/mol. The molecule has 2 aliphatic heterocycles. The first-order valence-electron chi connectivity index (χ1n) is 6.58. The zero-order valence-electron chi connectivity index (χ0n) is 10.6. The highest BCUT2D eigenvalue weighted by Crippen LogP contribution is 2.23. The Morgan fingerprint density at radius 3 is 2.56 bits per heavy atom. The molecule has 0 aromatic rings. The van der Waals surface area contributed by atoms with Crippen LogP contribution in [0.5, 0.6) is 0 Å². The summed E-state index contributed by atoms with van der Waals surface area (Å²) < 4.78 is 33.1. The summed E-state index contributed by atoms with van der Waals surface area (Å²) in [6.07, 6.45) is 2.58. The normalized spacial score (nSPS) is 28.4. The fraction of sp³-hybridized carbons (Fsp3) is 1.00. The van der Waals surface area contributed by atoms with Gasteiger partial charge in [-0.25, -0.2) is 0 Å². The third-order valence-electron chi connectivity index (χ3n) is 3.64. The predicted molar refractivity (Wildman–Crippen MR) is 67.3 cm³/mol. The summed E-state index contributed by atoms with van der Waals surface area (Å²) in [4.78, 5) is 0. The summed E-state index contributed by atoms with van der Waals surface area (Å²) in [6.45, 7) is 3.13. The number of ether oxygens (including phenoxy) is 1. The van der Waals surface area contributed by atoms with Crippen LogP contribution in [0, 0.1) is 5.92 Å². The van der Waals surface area contributed by atoms with Crippen molar-refractivity contribution in [1.29, 1.82) is 0 Å². The molecule has 7 heteroatoms. The number of rotatable bonds is 4. The third kappa shape index (κ3) is 3.21. The van der Waals surface area contributed by atoms with Crippen LogP contribution in [-0.2, 0) is 14.9 Å². The van der Waals surface area contributed by atoms with Crippen molar-refractivity contribution in [2.24, 2.45) is 5.92 Å². The minimum atomic E-state index is -3.33. The van der Waals surface area contributed by atoms with Crippen LogP contribution in [0.15, 0.2) is 0 Å². The number of nitrogens with zero attached hydrogens (tertiary/aromatic N) is 2. The summed E-state index contributed by atoms with van der Waals surface area (Å²) in [5, 5.41) is 8.96. The second-order valence-corrected chi connectivity index (χ2v) is 6.83. The molecule has 2 rings (SSSR count). The molecule has 2 saturated heterocycles. The van der Waals surface area contributed by atoms with Gasteiger partial charge < -0.3 is 9.84 Å². The van der Waals surface area contributed by atoms with Crippen LogP contribution in [0.4, 0.5) is 0 Å². The first kappa shape index (κ1) is 14.2. The second-order valence-electron chi connectivity index (χ2n) is 4.90. The molecule has 0 amide bonds. The number of piperidine rings is 1. The van der Waals surface area contributed by atoms with Crippen LogP contribution in [0.25, 0.3) is 0 Å². The molecule has 0 spiro atoms. The van der Waals surface area contributed by atoms with E-state index < -0.39 is 10.2 Å². The molecule has 2 heterocycles. The number of aliphatic hydroxyl groups excluding tert-OH is 1. The highest BCUT2D eigenvalue weighted by molar-refractivity contribution is 7.86. The largest absolute Gasteiger partial charge is 0.396 e. The smallest absolute Gasteiger partial charge is 0.282 e. The first-order chi connectivity index (χ1) is 8.64. The zero-order valence-corrected chi connectivity index (χ0v) is 11.4. The standard InChI is InChI=1S/C11H22N2O4S/c14-7-3-11-2-1-4-13(10-11)18(15,16)12-5-8-17-9-6-12/h11,14H,1-10H2. The van der Waals surface area contributed by atoms with Gasteiger partial charge in [0.25, 0.3) is 10.2 Å². The number of morpholine rings is 1. The molecule has 1 unspecified atom stereocenters. The zero-order chi connectivity index (χ0) is 13.0. The molecule has 1 N–H and O–H groups in total. The Labute approximate surface area is 109 Å². The van der Waals surface area contributed by atoms with Gasteiger partial charge in [-0.3, -0.25) is 0 Å². The molecule has 0 bridgehead atoms. The van der Waals surface area contributed by atoms with Crippen LogP contribution in [0.3, 0.4) is 0 Å². The van der Waals surface area contributed by atoms with E-state index in [1.807, 2.05) is 0 Å². The number of hydrogen-bond donors (Lipinski definition) is 1. The molecule has 2 fully saturated rings. The van der Waals surface area contributed by atoms with Crippen LogP contribution < -0.4 is 0 Å². The average molecular weight is 278 g/mol. The molecule has 6 nitrogen and oxygen atoms in total. The Balaban J connectivity index is 1.99. The predicted octanol–water partition coefficient (Wildman–Crippen LogP) is -0.342. The maximum Gasteiger partial charge on any atom is 0.282 e. The maximum atomic E-state index is 12.4. The molecule has 0 aromatic heterocycles. The fourth-order valence-electron chi connectivity index (χ4n) is 2.60. The van der Waals surface area contributed by atoms with Crippen molar-refractivity contribution < 1.29 is 18.3 Å². The van der Waals surface area contributed by atoms with Crippen molar-refractivity contribution in [3.8, 4) is 0 Å². The van der Waals surface area contributed by atoms with Crippen molar-refractivity contribution in [1.82, 2.24) is 8.61 Å². The third-order valence-corrected chi connectivity index (χ3v) is 5.64. The van der Waals surface area contributed by atoms with Gasteiger partial charge in [0, 0.05) is 32.8 Å². The van der Waals surface area contributed by atoms with E-state index in [0.29, 0.717) is 51.7 Å². The van der Waals surface area contributed by atoms with E-state index in [1.165, 1.54) is 4.31 Å². The van der Waals surface area contributed by atoms with Crippen molar-refractivity contribution in [2.45, 2.75) is 19.3 Å². The summed E-state index contributed by atoms with van der Waals surface area (Å²) in [7, 11) is -3.33. The lowest BCUT2D eigenvalue weighted by Crippen LogP contribution is -2.51. The number of hydrogen-bond acceptors (Lipinski definition) is 4. The number of aliphatic hydroxyl groups is 1. The molecule has 1 atom stereocenters. The minimum Gasteiger partial charge on any atom is -0.396 e. The fourth-order valence-corrected chi connectivity index (χ4v) is 4.29. The quantitative estimate of drug-likeness (QED) is 0.763. The monoisotopic (exact) mass is 278 g/mol. The highest BCUT2D eigenvalue weighted by Gasteiger charge is 2.34. The lowest BCUT2D eigenvalue weighted by atomic mass is 9.97. The van der Waals surface area contributed by atoms with Crippen LogP contribution in [-0.4, -0.2) is 68.1 Å². The minimum absolute atomic E-state index is 0.135. The highest BCUT2D eigenvalue weighted by atomic mass is 32.2. The summed E-state index contributed by atoms with van der Waals surface area (Å²) in [5.41, 5.74) is 0. The van der Waals surface area contributed by atoms with Crippen molar-refractivity contribution in [3.63, 3.8) is 0 Å². The molecule has 0 aromatic carbocycles. The van der Waals surface area contributed by atoms with Crippen molar-refractivity contribution in [3.05, 3.63) is 0 Å². The van der Waals surface area contributed by atoms with Gasteiger partial charge in [-0.15, -0.1) is 0 Å². The van der Waals surface area contributed by atoms with E-state index in [9.17, 15) is 8.42 Å². The second kappa shape index (κ2) is 6.29. The molecule has 2 aliphatic rings. The lowest BCUT2D eigenvalue weighted by Gasteiger charge is -2.36. The summed E-state index contributed by atoms with van der Waals surface area (Å²) in [6, 6.07) is 0. The van der Waals surface area contributed by atoms with Gasteiger partial charge in [0.2, 0.25) is 0 Å². The summed E-state index contributed by atoms with van der Waals surface area (Å²) >= 11 is 0. The van der Waals surface area contributed by atoms with Crippen LogP contribution in [0.2, 0.25) is 0 Å². The molecule has 106 valence electrons. The van der Waals surface area contributed by atoms with E-state index in [0.717, 1.165) is 12.8 Å². The van der Waals surface area contributed by atoms with Crippen molar-refractivity contribution in [2.75, 3.05) is 46.0 Å². The Bertz CT molecular complexity index is 352. The molecule has 18 heavy (non-hydrogen) atoms. The van der Waals surface area contributed by atoms with Gasteiger partial charge in [-0.1, -0.05) is 0 Å². The lowest BCUT2D eigenvalue weighted by molar-refractivity contribution is 0.0688. The van der Waals surface area contributed by atoms with E-state index in [1.54, 1.807) is 4.31 Å². The van der Waals surface area contributed by atoms with E-state index in [2.05, 4.69) is 0 Å². The Hall–Kier alpha value is -0.210. The Morgan fingerprint density at radius 1 is 1.17 bits per heavy atom. The molecular formula is C11H22N2O4S. The molecule has 0 aliphatic carbocycles. The first-order valence-corrected chi connectivity index (χ1v) is 7.98. The van der Waals surface area contributed by atoms with Gasteiger partial charge in [-0.05, 0) is 25.2 Å². The van der Waals surface area contributed by atoms with Gasteiger partial charge in [-0.2, -0.15) is 17.0 Å². The van der Waals surface area contributed by atoms with Gasteiger partial charge in [0.15, 0.2) is 0 Å². The van der Waals surface area contributed by atoms with Gasteiger partial charge >= 0.3 is 0 Å². The van der Waals surface area contributed by atoms with Crippen LogP contribution >= 0.6 is 0 Å². The maximum absolute atomic E-state index is 12.4. The topological polar surface area (TPSA) is 70.1 Å². The van der Waals surface area contributed by atoms with Gasteiger partial charge in [0.1, 0.15) is 0 Å². The molecule has 0 saturated carbocycles. The van der Waals surface area contributed by atoms with E-state index in [-0.39, 0.29) is 6.61 Å². The summed E-state index contributed by atoms with van der Waals surface area (Å²) in [5.74, 6) is 0.291. The van der Waals surface area contributed by atoms with Gasteiger partial charge in [0.05, 0.1) is 13.2 Å². The van der Waals surface area contributed by atoms with Crippen molar-refractivity contribution >= 4 is 10.2 Å².